The van der Waals surface area contributed by atoms with Gasteiger partial charge in [-0.15, -0.1) is 0 Å². The van der Waals surface area contributed by atoms with Crippen molar-refractivity contribution in [2.75, 3.05) is 6.61 Å². The van der Waals surface area contributed by atoms with Gasteiger partial charge in [-0.3, -0.25) is 0 Å². The summed E-state index contributed by atoms with van der Waals surface area (Å²) in [6, 6.07) is 5.01. The zero-order valence-corrected chi connectivity index (χ0v) is 8.99. The number of carbonyl (C=O) groups excluding carboxylic acids is 1. The summed E-state index contributed by atoms with van der Waals surface area (Å²) >= 11 is 5.89. The molecule has 0 radical (unpaired) electrons. The first-order chi connectivity index (χ1) is 7.20. The predicted molar refractivity (Wildman–Crippen MR) is 59.2 cm³/mol. The van der Waals surface area contributed by atoms with Gasteiger partial charge in [-0.25, -0.2) is 4.79 Å². The molecule has 0 aliphatic carbocycles. The number of benzene rings is 1. The van der Waals surface area contributed by atoms with Gasteiger partial charge >= 0.3 is 5.97 Å². The van der Waals surface area contributed by atoms with Crippen molar-refractivity contribution in [3.05, 3.63) is 34.3 Å². The fourth-order valence-electron chi connectivity index (χ4n) is 1.15. The average Bonchev–Trinajstić information content (AvgIpc) is 2.18. The number of hydrogen-bond donors (Lipinski definition) is 1. The largest absolute Gasteiger partial charge is 0.462 e. The third-order valence-corrected chi connectivity index (χ3v) is 2.05. The van der Waals surface area contributed by atoms with Crippen molar-refractivity contribution in [2.24, 2.45) is 10.9 Å². The summed E-state index contributed by atoms with van der Waals surface area (Å²) in [6.07, 6.45) is 1.36. The summed E-state index contributed by atoms with van der Waals surface area (Å²) in [6.45, 7) is 2.02. The summed E-state index contributed by atoms with van der Waals surface area (Å²) in [5, 5.41) is 3.68. The van der Waals surface area contributed by atoms with Crippen molar-refractivity contribution in [3.8, 4) is 0 Å². The van der Waals surface area contributed by atoms with Gasteiger partial charge in [0.15, 0.2) is 0 Å². The lowest BCUT2D eigenvalue weighted by Gasteiger charge is -2.06. The summed E-state index contributed by atoms with van der Waals surface area (Å²) in [4.78, 5) is 11.6. The second kappa shape index (κ2) is 5.36. The molecule has 0 amide bonds. The number of ether oxygens (including phenoxy) is 1. The molecule has 0 aromatic heterocycles. The lowest BCUT2D eigenvalue weighted by Crippen LogP contribution is -2.09. The number of halogens is 1. The quantitative estimate of drug-likeness (QED) is 0.370. The lowest BCUT2D eigenvalue weighted by atomic mass is 10.1. The minimum Gasteiger partial charge on any atom is -0.462 e. The maximum Gasteiger partial charge on any atom is 0.340 e. The van der Waals surface area contributed by atoms with E-state index >= 15 is 0 Å². The van der Waals surface area contributed by atoms with E-state index in [1.807, 2.05) is 0 Å². The van der Waals surface area contributed by atoms with Crippen molar-refractivity contribution in [3.63, 3.8) is 0 Å². The van der Waals surface area contributed by atoms with E-state index in [0.29, 0.717) is 17.2 Å². The first kappa shape index (κ1) is 11.5. The van der Waals surface area contributed by atoms with Crippen LogP contribution in [0.5, 0.6) is 0 Å². The van der Waals surface area contributed by atoms with Crippen molar-refractivity contribution in [1.82, 2.24) is 0 Å². The Morgan fingerprint density at radius 1 is 1.67 bits per heavy atom. The molecule has 1 aromatic carbocycles. The minimum absolute atomic E-state index is 0.287. The Bertz CT molecular complexity index is 391. The molecule has 0 aliphatic rings. The topological polar surface area (TPSA) is 64.7 Å². The van der Waals surface area contributed by atoms with Crippen LogP contribution in [0.3, 0.4) is 0 Å². The van der Waals surface area contributed by atoms with Crippen LogP contribution in [0.2, 0.25) is 5.02 Å². The van der Waals surface area contributed by atoms with Gasteiger partial charge in [0.2, 0.25) is 0 Å². The highest BCUT2D eigenvalue weighted by molar-refractivity contribution is 6.34. The molecule has 0 saturated heterocycles. The van der Waals surface area contributed by atoms with E-state index in [0.717, 1.165) is 0 Å². The molecule has 0 heterocycles. The van der Waals surface area contributed by atoms with Crippen LogP contribution in [0, 0.1) is 0 Å². The van der Waals surface area contributed by atoms with Crippen LogP contribution >= 0.6 is 11.6 Å². The maximum atomic E-state index is 11.6. The molecule has 0 unspecified atom stereocenters. The normalized spacial score (nSPS) is 10.5. The van der Waals surface area contributed by atoms with E-state index in [9.17, 15) is 4.79 Å². The second-order valence-corrected chi connectivity index (χ2v) is 3.11. The molecule has 0 aliphatic heterocycles. The average molecular weight is 227 g/mol. The molecule has 1 rings (SSSR count). The van der Waals surface area contributed by atoms with Crippen LogP contribution in [0.25, 0.3) is 0 Å². The first-order valence-corrected chi connectivity index (χ1v) is 4.77. The monoisotopic (exact) mass is 226 g/mol. The minimum atomic E-state index is -0.474. The Labute approximate surface area is 92.7 Å². The van der Waals surface area contributed by atoms with Crippen LogP contribution in [0.4, 0.5) is 0 Å². The number of hydrazone groups is 1. The predicted octanol–water partition coefficient (Wildman–Crippen LogP) is 1.81. The number of hydrogen-bond acceptors (Lipinski definition) is 4. The molecule has 80 valence electrons. The molecule has 5 heteroatoms. The molecular weight excluding hydrogens is 216 g/mol. The Hall–Kier alpha value is -1.55. The standard InChI is InChI=1S/C10H11ClN2O2/c1-2-15-10(14)9-7(6-13-12)4-3-5-8(9)11/h3-6H,2,12H2,1H3. The molecule has 0 fully saturated rings. The van der Waals surface area contributed by atoms with E-state index in [4.69, 9.17) is 22.2 Å². The number of esters is 1. The molecule has 0 atom stereocenters. The summed E-state index contributed by atoms with van der Waals surface area (Å²) < 4.78 is 4.87. The molecule has 2 N–H and O–H groups in total. The molecule has 15 heavy (non-hydrogen) atoms. The van der Waals surface area contributed by atoms with Crippen molar-refractivity contribution >= 4 is 23.8 Å². The fourth-order valence-corrected chi connectivity index (χ4v) is 1.41. The smallest absolute Gasteiger partial charge is 0.340 e. The van der Waals surface area contributed by atoms with Gasteiger partial charge < -0.3 is 10.6 Å². The number of rotatable bonds is 3. The van der Waals surface area contributed by atoms with E-state index in [1.165, 1.54) is 6.21 Å². The first-order valence-electron chi connectivity index (χ1n) is 4.39. The second-order valence-electron chi connectivity index (χ2n) is 2.70. The van der Waals surface area contributed by atoms with E-state index < -0.39 is 5.97 Å². The molecule has 1 aromatic rings. The molecule has 0 saturated carbocycles. The van der Waals surface area contributed by atoms with Gasteiger partial charge in [0.1, 0.15) is 0 Å². The Balaban J connectivity index is 3.18. The van der Waals surface area contributed by atoms with Crippen molar-refractivity contribution in [1.29, 1.82) is 0 Å². The summed E-state index contributed by atoms with van der Waals surface area (Å²) in [5.74, 6) is 4.55. The number of nitrogens with two attached hydrogens (primary N) is 1. The van der Waals surface area contributed by atoms with Gasteiger partial charge in [-0.2, -0.15) is 5.10 Å². The lowest BCUT2D eigenvalue weighted by molar-refractivity contribution is 0.0526. The van der Waals surface area contributed by atoms with E-state index in [1.54, 1.807) is 25.1 Å². The number of nitrogens with zero attached hydrogens (tertiary/aromatic N) is 1. The van der Waals surface area contributed by atoms with Crippen molar-refractivity contribution < 1.29 is 9.53 Å². The van der Waals surface area contributed by atoms with E-state index in [2.05, 4.69) is 5.10 Å². The van der Waals surface area contributed by atoms with Gasteiger partial charge in [0.25, 0.3) is 0 Å². The number of carbonyl (C=O) groups is 1. The summed E-state index contributed by atoms with van der Waals surface area (Å²) in [7, 11) is 0. The fraction of sp³-hybridized carbons (Fsp3) is 0.200. The van der Waals surface area contributed by atoms with Crippen LogP contribution in [-0.2, 0) is 4.74 Å². The van der Waals surface area contributed by atoms with Gasteiger partial charge in [-0.05, 0) is 13.0 Å². The molecular formula is C10H11ClN2O2. The van der Waals surface area contributed by atoms with Gasteiger partial charge in [0, 0.05) is 5.56 Å². The van der Waals surface area contributed by atoms with Crippen molar-refractivity contribution in [2.45, 2.75) is 6.92 Å². The van der Waals surface area contributed by atoms with Crippen LogP contribution in [0.15, 0.2) is 23.3 Å². The van der Waals surface area contributed by atoms with Crippen LogP contribution in [0.1, 0.15) is 22.8 Å². The SMILES string of the molecule is CCOC(=O)c1c(Cl)cccc1C=NN. The zero-order valence-electron chi connectivity index (χ0n) is 8.24. The summed E-state index contributed by atoms with van der Waals surface area (Å²) in [5.41, 5.74) is 0.832. The van der Waals surface area contributed by atoms with Crippen LogP contribution in [-0.4, -0.2) is 18.8 Å². The molecule has 0 bridgehead atoms. The van der Waals surface area contributed by atoms with E-state index in [-0.39, 0.29) is 5.56 Å². The highest BCUT2D eigenvalue weighted by Gasteiger charge is 2.15. The highest BCUT2D eigenvalue weighted by Crippen LogP contribution is 2.19. The maximum absolute atomic E-state index is 11.6. The van der Waals surface area contributed by atoms with Gasteiger partial charge in [0.05, 0.1) is 23.4 Å². The highest BCUT2D eigenvalue weighted by atomic mass is 35.5. The Kier molecular flexibility index (Phi) is 4.12. The third-order valence-electron chi connectivity index (χ3n) is 1.74. The van der Waals surface area contributed by atoms with Crippen LogP contribution < -0.4 is 5.84 Å². The third kappa shape index (κ3) is 2.70. The zero-order chi connectivity index (χ0) is 11.3. The molecule has 4 nitrogen and oxygen atoms in total. The van der Waals surface area contributed by atoms with Gasteiger partial charge in [-0.1, -0.05) is 23.7 Å². The Morgan fingerprint density at radius 2 is 2.40 bits per heavy atom. The Morgan fingerprint density at radius 3 is 3.00 bits per heavy atom. The molecule has 0 spiro atoms.